The smallest absolute Gasteiger partial charge is 0.0361 e. The third kappa shape index (κ3) is 5.86. The maximum Gasteiger partial charge on any atom is 0.0361 e. The average molecular weight is 383 g/mol. The van der Waals surface area contributed by atoms with Crippen LogP contribution in [-0.2, 0) is 6.42 Å². The fraction of sp³-hybridized carbons (Fsp3) is 0.185. The van der Waals surface area contributed by atoms with Crippen LogP contribution in [0.4, 0.5) is 11.4 Å². The van der Waals surface area contributed by atoms with E-state index >= 15 is 0 Å². The monoisotopic (exact) mass is 382 g/mol. The molecule has 0 atom stereocenters. The lowest BCUT2D eigenvalue weighted by atomic mass is 10.0. The zero-order valence-electron chi connectivity index (χ0n) is 17.8. The minimum absolute atomic E-state index is 0.905. The first-order valence-electron chi connectivity index (χ1n) is 10.0. The predicted octanol–water partition coefficient (Wildman–Crippen LogP) is 6.16. The van der Waals surface area contributed by atoms with E-state index in [1.54, 1.807) is 0 Å². The lowest BCUT2D eigenvalue weighted by Gasteiger charge is -2.12. The molecule has 0 amide bonds. The van der Waals surface area contributed by atoms with Crippen molar-refractivity contribution in [2.24, 2.45) is 0 Å². The van der Waals surface area contributed by atoms with Gasteiger partial charge >= 0.3 is 0 Å². The number of nitrogens with zero attached hydrogens (tertiary/aromatic N) is 2. The number of hydrogen-bond acceptors (Lipinski definition) is 2. The molecule has 0 aliphatic heterocycles. The highest BCUT2D eigenvalue weighted by Gasteiger charge is 2.00. The van der Waals surface area contributed by atoms with E-state index in [-0.39, 0.29) is 0 Å². The zero-order valence-corrected chi connectivity index (χ0v) is 17.8. The number of anilines is 2. The van der Waals surface area contributed by atoms with Gasteiger partial charge in [0.2, 0.25) is 0 Å². The first kappa shape index (κ1) is 20.5. The van der Waals surface area contributed by atoms with Crippen LogP contribution >= 0.6 is 0 Å². The Morgan fingerprint density at radius 2 is 1.24 bits per heavy atom. The first-order chi connectivity index (χ1) is 14.0. The van der Waals surface area contributed by atoms with Crippen LogP contribution in [0.25, 0.3) is 11.6 Å². The molecule has 0 aliphatic rings. The lowest BCUT2D eigenvalue weighted by Crippen LogP contribution is -2.08. The molecule has 148 valence electrons. The van der Waals surface area contributed by atoms with Crippen molar-refractivity contribution in [3.05, 3.63) is 108 Å². The topological polar surface area (TPSA) is 6.48 Å². The molecule has 0 saturated carbocycles. The first-order valence-corrected chi connectivity index (χ1v) is 10.0. The molecule has 0 saturated heterocycles. The Balaban J connectivity index is 1.82. The van der Waals surface area contributed by atoms with Crippen LogP contribution in [0, 0.1) is 0 Å². The van der Waals surface area contributed by atoms with E-state index < -0.39 is 0 Å². The van der Waals surface area contributed by atoms with Crippen LogP contribution in [0.2, 0.25) is 0 Å². The minimum Gasteiger partial charge on any atom is -0.378 e. The summed E-state index contributed by atoms with van der Waals surface area (Å²) in [4.78, 5) is 4.24. The normalized spacial score (nSPS) is 11.7. The molecule has 0 radical (unpaired) electrons. The Morgan fingerprint density at radius 1 is 0.690 bits per heavy atom. The number of rotatable bonds is 7. The van der Waals surface area contributed by atoms with Crippen LogP contribution in [0.3, 0.4) is 0 Å². The molecule has 2 nitrogen and oxygen atoms in total. The van der Waals surface area contributed by atoms with Gasteiger partial charge in [0, 0.05) is 39.6 Å². The standard InChI is InChI=1S/C27H30N2/c1-28(2)26-18-12-22(13-19-26)10-16-25(24-8-6-5-7-9-24)17-11-23-14-20-27(21-15-23)29(3)4/h5-10,12-21H,11H2,1-4H3. The Hall–Kier alpha value is -3.26. The average Bonchev–Trinajstić information content (AvgIpc) is 2.75. The van der Waals surface area contributed by atoms with Gasteiger partial charge in [-0.15, -0.1) is 0 Å². The Labute approximate surface area is 175 Å². The van der Waals surface area contributed by atoms with Crippen molar-refractivity contribution in [1.82, 2.24) is 0 Å². The summed E-state index contributed by atoms with van der Waals surface area (Å²) in [6.07, 6.45) is 7.62. The molecule has 2 heteroatoms. The second-order valence-electron chi connectivity index (χ2n) is 7.61. The predicted molar refractivity (Wildman–Crippen MR) is 129 cm³/mol. The molecular weight excluding hydrogens is 352 g/mol. The molecule has 3 aromatic rings. The van der Waals surface area contributed by atoms with Gasteiger partial charge in [0.1, 0.15) is 0 Å². The Morgan fingerprint density at radius 3 is 1.79 bits per heavy atom. The Kier molecular flexibility index (Phi) is 6.91. The van der Waals surface area contributed by atoms with Crippen LogP contribution in [-0.4, -0.2) is 28.2 Å². The fourth-order valence-corrected chi connectivity index (χ4v) is 3.14. The molecule has 3 rings (SSSR count). The van der Waals surface area contributed by atoms with Crippen molar-refractivity contribution < 1.29 is 0 Å². The van der Waals surface area contributed by atoms with Gasteiger partial charge < -0.3 is 9.80 Å². The number of hydrogen-bond donors (Lipinski definition) is 0. The van der Waals surface area contributed by atoms with Gasteiger partial charge in [0.05, 0.1) is 0 Å². The molecule has 0 unspecified atom stereocenters. The zero-order chi connectivity index (χ0) is 20.6. The summed E-state index contributed by atoms with van der Waals surface area (Å²) < 4.78 is 0. The van der Waals surface area contributed by atoms with E-state index in [0.717, 1.165) is 6.42 Å². The van der Waals surface area contributed by atoms with Crippen molar-refractivity contribution in [1.29, 1.82) is 0 Å². The molecule has 0 bridgehead atoms. The SMILES string of the molecule is CN(C)c1ccc(C=CC(=CCc2ccc(N(C)C)cc2)c2ccccc2)cc1. The van der Waals surface area contributed by atoms with Crippen molar-refractivity contribution in [2.45, 2.75) is 6.42 Å². The van der Waals surface area contributed by atoms with Gasteiger partial charge in [0.25, 0.3) is 0 Å². The van der Waals surface area contributed by atoms with E-state index in [2.05, 4.69) is 135 Å². The van der Waals surface area contributed by atoms with E-state index in [1.807, 2.05) is 0 Å². The minimum atomic E-state index is 0.905. The van der Waals surface area contributed by atoms with Gasteiger partial charge in [-0.3, -0.25) is 0 Å². The third-order valence-electron chi connectivity index (χ3n) is 4.98. The second kappa shape index (κ2) is 9.79. The number of allylic oxidation sites excluding steroid dienone is 3. The molecule has 0 aromatic heterocycles. The van der Waals surface area contributed by atoms with Gasteiger partial charge in [-0.1, -0.05) is 72.8 Å². The molecule has 0 fully saturated rings. The summed E-state index contributed by atoms with van der Waals surface area (Å²) in [7, 11) is 8.26. The second-order valence-corrected chi connectivity index (χ2v) is 7.61. The van der Waals surface area contributed by atoms with Crippen molar-refractivity contribution in [2.75, 3.05) is 38.0 Å². The summed E-state index contributed by atoms with van der Waals surface area (Å²) in [5.74, 6) is 0. The van der Waals surface area contributed by atoms with Crippen molar-refractivity contribution >= 4 is 23.0 Å². The highest BCUT2D eigenvalue weighted by atomic mass is 15.1. The van der Waals surface area contributed by atoms with Gasteiger partial charge in [-0.05, 0) is 52.9 Å². The molecule has 0 N–H and O–H groups in total. The lowest BCUT2D eigenvalue weighted by molar-refractivity contribution is 1.12. The van der Waals surface area contributed by atoms with Crippen molar-refractivity contribution in [3.63, 3.8) is 0 Å². The van der Waals surface area contributed by atoms with E-state index in [1.165, 1.54) is 33.6 Å². The Bertz CT molecular complexity index is 948. The summed E-state index contributed by atoms with van der Waals surface area (Å²) in [6, 6.07) is 28.0. The molecule has 29 heavy (non-hydrogen) atoms. The molecule has 0 aliphatic carbocycles. The largest absolute Gasteiger partial charge is 0.378 e. The maximum absolute atomic E-state index is 2.31. The molecule has 3 aromatic carbocycles. The van der Waals surface area contributed by atoms with E-state index in [9.17, 15) is 0 Å². The highest BCUT2D eigenvalue weighted by Crippen LogP contribution is 2.21. The quantitative estimate of drug-likeness (QED) is 0.452. The maximum atomic E-state index is 2.31. The van der Waals surface area contributed by atoms with E-state index in [4.69, 9.17) is 0 Å². The van der Waals surface area contributed by atoms with Crippen LogP contribution in [0.15, 0.2) is 91.0 Å². The van der Waals surface area contributed by atoms with Crippen molar-refractivity contribution in [3.8, 4) is 0 Å². The summed E-state index contributed by atoms with van der Waals surface area (Å²) >= 11 is 0. The summed E-state index contributed by atoms with van der Waals surface area (Å²) in [6.45, 7) is 0. The summed E-state index contributed by atoms with van der Waals surface area (Å²) in [5.41, 5.74) is 7.42. The molecule has 0 spiro atoms. The summed E-state index contributed by atoms with van der Waals surface area (Å²) in [5, 5.41) is 0. The van der Waals surface area contributed by atoms with Gasteiger partial charge in [0.15, 0.2) is 0 Å². The molecule has 0 heterocycles. The van der Waals surface area contributed by atoms with Gasteiger partial charge in [-0.25, -0.2) is 0 Å². The molecular formula is C27H30N2. The van der Waals surface area contributed by atoms with Crippen LogP contribution < -0.4 is 9.80 Å². The van der Waals surface area contributed by atoms with Gasteiger partial charge in [-0.2, -0.15) is 0 Å². The van der Waals surface area contributed by atoms with E-state index in [0.29, 0.717) is 0 Å². The van der Waals surface area contributed by atoms with Crippen LogP contribution in [0.5, 0.6) is 0 Å². The highest BCUT2D eigenvalue weighted by molar-refractivity contribution is 5.79. The fourth-order valence-electron chi connectivity index (χ4n) is 3.14. The van der Waals surface area contributed by atoms with Crippen LogP contribution in [0.1, 0.15) is 16.7 Å². The third-order valence-corrected chi connectivity index (χ3v) is 4.98. The number of benzene rings is 3.